The Hall–Kier alpha value is -2.56. The molecule has 2 rings (SSSR count). The number of benzene rings is 1. The smallest absolute Gasteiger partial charge is 0.309 e. The number of aliphatic carboxylic acids is 1. The number of carbonyl (C=O) groups is 2. The molecular formula is C17H19NO4. The van der Waals surface area contributed by atoms with E-state index in [0.29, 0.717) is 5.76 Å². The number of hydrogen-bond donors (Lipinski definition) is 2. The molecule has 22 heavy (non-hydrogen) atoms. The molecule has 5 heteroatoms. The third-order valence-electron chi connectivity index (χ3n) is 3.45. The van der Waals surface area contributed by atoms with Crippen LogP contribution in [0.4, 0.5) is 0 Å². The van der Waals surface area contributed by atoms with Crippen molar-refractivity contribution in [2.75, 3.05) is 0 Å². The molecule has 116 valence electrons. The Labute approximate surface area is 129 Å². The number of amides is 1. The summed E-state index contributed by atoms with van der Waals surface area (Å²) in [5.41, 5.74) is -0.243. The van der Waals surface area contributed by atoms with Crippen LogP contribution in [0.25, 0.3) is 0 Å². The van der Waals surface area contributed by atoms with Crippen LogP contribution in [-0.2, 0) is 9.59 Å². The third-order valence-corrected chi connectivity index (χ3v) is 3.45. The zero-order valence-corrected chi connectivity index (χ0v) is 12.6. The maximum atomic E-state index is 12.2. The van der Waals surface area contributed by atoms with Gasteiger partial charge in [-0.2, -0.15) is 0 Å². The maximum absolute atomic E-state index is 12.2. The number of hydrogen-bond acceptors (Lipinski definition) is 3. The maximum Gasteiger partial charge on any atom is 0.309 e. The van der Waals surface area contributed by atoms with E-state index in [0.717, 1.165) is 5.56 Å². The van der Waals surface area contributed by atoms with E-state index in [1.807, 2.05) is 30.3 Å². The number of nitrogens with one attached hydrogen (secondary N) is 1. The van der Waals surface area contributed by atoms with E-state index in [4.69, 9.17) is 9.52 Å². The van der Waals surface area contributed by atoms with Crippen molar-refractivity contribution in [3.63, 3.8) is 0 Å². The van der Waals surface area contributed by atoms with Gasteiger partial charge in [0.05, 0.1) is 11.7 Å². The minimum Gasteiger partial charge on any atom is -0.481 e. The second-order valence-electron chi connectivity index (χ2n) is 5.79. The summed E-state index contributed by atoms with van der Waals surface area (Å²) >= 11 is 0. The van der Waals surface area contributed by atoms with E-state index in [9.17, 15) is 9.59 Å². The number of carbonyl (C=O) groups excluding carboxylic acids is 1. The SMILES string of the molecule is CC(C)(CC(=O)N[C@H](c1ccccc1)c1ccco1)C(=O)O. The Kier molecular flexibility index (Phi) is 4.65. The van der Waals surface area contributed by atoms with E-state index in [1.165, 1.54) is 13.8 Å². The zero-order valence-electron chi connectivity index (χ0n) is 12.6. The second-order valence-corrected chi connectivity index (χ2v) is 5.79. The Balaban J connectivity index is 2.18. The molecule has 0 unspecified atom stereocenters. The summed E-state index contributed by atoms with van der Waals surface area (Å²) in [5.74, 6) is -0.734. The van der Waals surface area contributed by atoms with Gasteiger partial charge in [-0.05, 0) is 31.5 Å². The van der Waals surface area contributed by atoms with Gasteiger partial charge in [0.25, 0.3) is 0 Å². The predicted octanol–water partition coefficient (Wildman–Crippen LogP) is 2.99. The first-order valence-corrected chi connectivity index (χ1v) is 7.01. The molecule has 1 aromatic heterocycles. The molecule has 0 aliphatic rings. The molecule has 5 nitrogen and oxygen atoms in total. The van der Waals surface area contributed by atoms with Crippen molar-refractivity contribution in [2.24, 2.45) is 5.41 Å². The Morgan fingerprint density at radius 2 is 1.86 bits per heavy atom. The first-order valence-electron chi connectivity index (χ1n) is 7.01. The van der Waals surface area contributed by atoms with E-state index in [2.05, 4.69) is 5.32 Å². The van der Waals surface area contributed by atoms with Crippen molar-refractivity contribution in [3.05, 3.63) is 60.1 Å². The fraction of sp³-hybridized carbons (Fsp3) is 0.294. The van der Waals surface area contributed by atoms with Gasteiger partial charge in [0.15, 0.2) is 0 Å². The van der Waals surface area contributed by atoms with Crippen LogP contribution in [0, 0.1) is 5.41 Å². The van der Waals surface area contributed by atoms with E-state index >= 15 is 0 Å². The molecule has 0 saturated carbocycles. The van der Waals surface area contributed by atoms with Crippen molar-refractivity contribution in [1.82, 2.24) is 5.32 Å². The summed E-state index contributed by atoms with van der Waals surface area (Å²) in [7, 11) is 0. The van der Waals surface area contributed by atoms with E-state index in [-0.39, 0.29) is 12.3 Å². The highest BCUT2D eigenvalue weighted by atomic mass is 16.4. The van der Waals surface area contributed by atoms with Crippen molar-refractivity contribution in [2.45, 2.75) is 26.3 Å². The highest BCUT2D eigenvalue weighted by molar-refractivity contribution is 5.84. The monoisotopic (exact) mass is 301 g/mol. The Bertz CT molecular complexity index is 632. The van der Waals surface area contributed by atoms with Gasteiger partial charge in [-0.3, -0.25) is 9.59 Å². The van der Waals surface area contributed by atoms with Gasteiger partial charge in [-0.1, -0.05) is 30.3 Å². The predicted molar refractivity (Wildman–Crippen MR) is 81.2 cm³/mol. The zero-order chi connectivity index (χ0) is 16.2. The van der Waals surface area contributed by atoms with Crippen LogP contribution in [0.1, 0.15) is 37.6 Å². The van der Waals surface area contributed by atoms with Crippen LogP contribution >= 0.6 is 0 Å². The number of carboxylic acids is 1. The molecule has 0 bridgehead atoms. The highest BCUT2D eigenvalue weighted by Crippen LogP contribution is 2.25. The summed E-state index contributed by atoms with van der Waals surface area (Å²) in [4.78, 5) is 23.4. The minimum atomic E-state index is -1.12. The Morgan fingerprint density at radius 1 is 1.18 bits per heavy atom. The number of carboxylic acid groups (broad SMARTS) is 1. The van der Waals surface area contributed by atoms with Crippen LogP contribution in [0.2, 0.25) is 0 Å². The van der Waals surface area contributed by atoms with Gasteiger partial charge >= 0.3 is 5.97 Å². The highest BCUT2D eigenvalue weighted by Gasteiger charge is 2.31. The van der Waals surface area contributed by atoms with Gasteiger partial charge in [0, 0.05) is 6.42 Å². The van der Waals surface area contributed by atoms with Crippen LogP contribution in [-0.4, -0.2) is 17.0 Å². The molecule has 1 amide bonds. The summed E-state index contributed by atoms with van der Waals surface area (Å²) in [6.45, 7) is 3.05. The molecule has 2 aromatic rings. The van der Waals surface area contributed by atoms with Crippen molar-refractivity contribution in [3.8, 4) is 0 Å². The molecule has 0 fully saturated rings. The molecule has 0 aliphatic carbocycles. The molecule has 0 saturated heterocycles. The lowest BCUT2D eigenvalue weighted by Crippen LogP contribution is -2.35. The average molecular weight is 301 g/mol. The van der Waals surface area contributed by atoms with Crippen molar-refractivity contribution >= 4 is 11.9 Å². The van der Waals surface area contributed by atoms with Crippen molar-refractivity contribution < 1.29 is 19.1 Å². The fourth-order valence-electron chi connectivity index (χ4n) is 2.11. The molecule has 0 aliphatic heterocycles. The fourth-order valence-corrected chi connectivity index (χ4v) is 2.11. The minimum absolute atomic E-state index is 0.105. The van der Waals surface area contributed by atoms with Crippen molar-refractivity contribution in [1.29, 1.82) is 0 Å². The van der Waals surface area contributed by atoms with Gasteiger partial charge in [0.2, 0.25) is 5.91 Å². The molecule has 2 N–H and O–H groups in total. The summed E-state index contributed by atoms with van der Waals surface area (Å²) in [6, 6.07) is 12.5. The van der Waals surface area contributed by atoms with Gasteiger partial charge in [-0.15, -0.1) is 0 Å². The van der Waals surface area contributed by atoms with E-state index < -0.39 is 17.4 Å². The summed E-state index contributed by atoms with van der Waals surface area (Å²) in [6.07, 6.45) is 1.44. The summed E-state index contributed by atoms with van der Waals surface area (Å²) in [5, 5.41) is 12.0. The van der Waals surface area contributed by atoms with Gasteiger partial charge in [-0.25, -0.2) is 0 Å². The molecule has 0 radical (unpaired) electrons. The first kappa shape index (κ1) is 15.8. The van der Waals surface area contributed by atoms with Crippen LogP contribution in [0.3, 0.4) is 0 Å². The van der Waals surface area contributed by atoms with Gasteiger partial charge < -0.3 is 14.8 Å². The lowest BCUT2D eigenvalue weighted by molar-refractivity contribution is -0.149. The van der Waals surface area contributed by atoms with E-state index in [1.54, 1.807) is 18.4 Å². The molecule has 1 atom stereocenters. The lowest BCUT2D eigenvalue weighted by atomic mass is 9.89. The average Bonchev–Trinajstić information content (AvgIpc) is 2.99. The van der Waals surface area contributed by atoms with Crippen LogP contribution < -0.4 is 5.32 Å². The lowest BCUT2D eigenvalue weighted by Gasteiger charge is -2.22. The number of rotatable bonds is 6. The van der Waals surface area contributed by atoms with Crippen LogP contribution in [0.15, 0.2) is 53.1 Å². The quantitative estimate of drug-likeness (QED) is 0.859. The molecule has 1 heterocycles. The largest absolute Gasteiger partial charge is 0.481 e. The van der Waals surface area contributed by atoms with Gasteiger partial charge in [0.1, 0.15) is 11.8 Å². The topological polar surface area (TPSA) is 79.5 Å². The van der Waals surface area contributed by atoms with Crippen LogP contribution in [0.5, 0.6) is 0 Å². The molecule has 0 spiro atoms. The Morgan fingerprint density at radius 3 is 2.41 bits per heavy atom. The molecular weight excluding hydrogens is 282 g/mol. The second kappa shape index (κ2) is 6.47. The molecule has 1 aromatic carbocycles. The number of furan rings is 1. The standard InChI is InChI=1S/C17H19NO4/c1-17(2,16(20)21)11-14(19)18-15(13-9-6-10-22-13)12-7-4-3-5-8-12/h3-10,15H,11H2,1-2H3,(H,18,19)(H,20,21)/t15-/m1/s1. The third kappa shape index (κ3) is 3.75. The first-order chi connectivity index (χ1) is 10.4. The normalized spacial score (nSPS) is 12.6. The summed E-state index contributed by atoms with van der Waals surface area (Å²) < 4.78 is 5.40.